The average molecular weight is 428 g/mol. The number of hydrogen-bond acceptors (Lipinski definition) is 3. The first kappa shape index (κ1) is 22.8. The first-order valence-electron chi connectivity index (χ1n) is 11.1. The number of amides is 1. The van der Waals surface area contributed by atoms with Crippen LogP contribution in [0.4, 0.5) is 0 Å². The molecule has 3 N–H and O–H groups in total. The summed E-state index contributed by atoms with van der Waals surface area (Å²) in [4.78, 5) is 15.3. The Morgan fingerprint density at radius 3 is 2.27 bits per heavy atom. The Balaban J connectivity index is 0.00000256. The summed E-state index contributed by atoms with van der Waals surface area (Å²) in [6.07, 6.45) is 4.95. The van der Waals surface area contributed by atoms with Crippen molar-refractivity contribution in [2.75, 3.05) is 26.2 Å². The number of likely N-dealkylation sites (tertiary alicyclic amines) is 1. The lowest BCUT2D eigenvalue weighted by Crippen LogP contribution is -2.40. The minimum Gasteiger partial charge on any atom is -0.348 e. The van der Waals surface area contributed by atoms with Crippen molar-refractivity contribution in [3.8, 4) is 0 Å². The molecule has 1 unspecified atom stereocenters. The maximum Gasteiger partial charge on any atom is 0.234 e. The lowest BCUT2D eigenvalue weighted by molar-refractivity contribution is -0.123. The van der Waals surface area contributed by atoms with Crippen molar-refractivity contribution in [2.45, 2.75) is 37.6 Å². The summed E-state index contributed by atoms with van der Waals surface area (Å²) in [7, 11) is 0. The Bertz CT molecular complexity index is 779. The van der Waals surface area contributed by atoms with E-state index < -0.39 is 0 Å². The fourth-order valence-electron chi connectivity index (χ4n) is 5.25. The van der Waals surface area contributed by atoms with Crippen LogP contribution < -0.4 is 11.1 Å². The molecule has 2 aromatic carbocycles. The van der Waals surface area contributed by atoms with Gasteiger partial charge >= 0.3 is 0 Å². The van der Waals surface area contributed by atoms with Gasteiger partial charge in [0.2, 0.25) is 5.91 Å². The van der Waals surface area contributed by atoms with Gasteiger partial charge in [-0.3, -0.25) is 9.69 Å². The van der Waals surface area contributed by atoms with E-state index in [0.29, 0.717) is 30.8 Å². The van der Waals surface area contributed by atoms with Crippen LogP contribution >= 0.6 is 12.4 Å². The van der Waals surface area contributed by atoms with E-state index in [1.54, 1.807) is 0 Å². The molecule has 0 bridgehead atoms. The number of hydrogen-bond donors (Lipinski definition) is 2. The molecule has 162 valence electrons. The Morgan fingerprint density at radius 1 is 1.00 bits per heavy atom. The highest BCUT2D eigenvalue weighted by molar-refractivity contribution is 5.85. The molecule has 5 heteroatoms. The largest absolute Gasteiger partial charge is 0.348 e. The molecule has 1 amide bonds. The monoisotopic (exact) mass is 427 g/mol. The highest BCUT2D eigenvalue weighted by Gasteiger charge is 2.34. The zero-order valence-corrected chi connectivity index (χ0v) is 18.4. The second kappa shape index (κ2) is 10.9. The molecule has 2 aliphatic rings. The van der Waals surface area contributed by atoms with Crippen LogP contribution in [0.5, 0.6) is 0 Å². The fourth-order valence-corrected chi connectivity index (χ4v) is 5.25. The number of halogens is 1. The van der Waals surface area contributed by atoms with Gasteiger partial charge in [-0.05, 0) is 42.3 Å². The molecule has 3 atom stereocenters. The molecular formula is C25H34ClN3O. The third-order valence-electron chi connectivity index (χ3n) is 6.76. The predicted molar refractivity (Wildman–Crippen MR) is 125 cm³/mol. The van der Waals surface area contributed by atoms with Gasteiger partial charge in [0.25, 0.3) is 0 Å². The van der Waals surface area contributed by atoms with E-state index in [2.05, 4.69) is 58.7 Å². The SMILES string of the molecule is Cl.NC[C@@H]1CN(CC(=O)NC(c2ccccc2)C2CCCC2)C[C@H]1c1ccccc1. The average Bonchev–Trinajstić information content (AvgIpc) is 3.43. The highest BCUT2D eigenvalue weighted by Crippen LogP contribution is 2.36. The minimum absolute atomic E-state index is 0. The van der Waals surface area contributed by atoms with Crippen molar-refractivity contribution >= 4 is 18.3 Å². The Kier molecular flexibility index (Phi) is 8.32. The van der Waals surface area contributed by atoms with E-state index in [-0.39, 0.29) is 24.4 Å². The number of nitrogens with one attached hydrogen (secondary N) is 1. The first-order chi connectivity index (χ1) is 14.2. The maximum atomic E-state index is 13.0. The summed E-state index contributed by atoms with van der Waals surface area (Å²) < 4.78 is 0. The summed E-state index contributed by atoms with van der Waals surface area (Å²) >= 11 is 0. The third kappa shape index (κ3) is 5.42. The van der Waals surface area contributed by atoms with Gasteiger partial charge in [0.1, 0.15) is 0 Å². The van der Waals surface area contributed by atoms with Crippen LogP contribution in [0.3, 0.4) is 0 Å². The molecule has 4 nitrogen and oxygen atoms in total. The summed E-state index contributed by atoms with van der Waals surface area (Å²) in [6, 6.07) is 21.2. The van der Waals surface area contributed by atoms with Crippen LogP contribution in [0.1, 0.15) is 48.8 Å². The lowest BCUT2D eigenvalue weighted by atomic mass is 9.89. The molecule has 1 aliphatic heterocycles. The summed E-state index contributed by atoms with van der Waals surface area (Å²) in [5.41, 5.74) is 8.63. The number of nitrogens with zero attached hydrogens (tertiary/aromatic N) is 1. The minimum atomic E-state index is 0. The topological polar surface area (TPSA) is 58.4 Å². The fraction of sp³-hybridized carbons (Fsp3) is 0.480. The molecule has 1 saturated carbocycles. The molecule has 2 aromatic rings. The molecule has 2 fully saturated rings. The Labute approximate surface area is 186 Å². The number of nitrogens with two attached hydrogens (primary N) is 1. The van der Waals surface area contributed by atoms with Crippen molar-refractivity contribution in [2.24, 2.45) is 17.6 Å². The summed E-state index contributed by atoms with van der Waals surface area (Å²) in [6.45, 7) is 2.91. The lowest BCUT2D eigenvalue weighted by Gasteiger charge is -2.26. The van der Waals surface area contributed by atoms with Gasteiger partial charge in [0, 0.05) is 19.0 Å². The molecule has 0 spiro atoms. The van der Waals surface area contributed by atoms with Gasteiger partial charge < -0.3 is 11.1 Å². The van der Waals surface area contributed by atoms with Crippen LogP contribution in [-0.4, -0.2) is 37.0 Å². The van der Waals surface area contributed by atoms with Gasteiger partial charge in [-0.2, -0.15) is 0 Å². The first-order valence-corrected chi connectivity index (χ1v) is 11.1. The van der Waals surface area contributed by atoms with Crippen molar-refractivity contribution in [3.63, 3.8) is 0 Å². The maximum absolute atomic E-state index is 13.0. The Morgan fingerprint density at radius 2 is 1.63 bits per heavy atom. The third-order valence-corrected chi connectivity index (χ3v) is 6.76. The van der Waals surface area contributed by atoms with E-state index >= 15 is 0 Å². The molecule has 1 aliphatic carbocycles. The Hall–Kier alpha value is -1.88. The van der Waals surface area contributed by atoms with E-state index in [1.807, 2.05) is 12.1 Å². The highest BCUT2D eigenvalue weighted by atomic mass is 35.5. The molecular weight excluding hydrogens is 394 g/mol. The second-order valence-electron chi connectivity index (χ2n) is 8.71. The summed E-state index contributed by atoms with van der Waals surface area (Å²) in [5.74, 6) is 1.50. The van der Waals surface area contributed by atoms with Crippen LogP contribution in [-0.2, 0) is 4.79 Å². The number of carbonyl (C=O) groups is 1. The van der Waals surface area contributed by atoms with Gasteiger partial charge in [0.15, 0.2) is 0 Å². The molecule has 30 heavy (non-hydrogen) atoms. The molecule has 1 heterocycles. The number of benzene rings is 2. The van der Waals surface area contributed by atoms with Crippen LogP contribution in [0.15, 0.2) is 60.7 Å². The van der Waals surface area contributed by atoms with Gasteiger partial charge in [-0.1, -0.05) is 73.5 Å². The predicted octanol–water partition coefficient (Wildman–Crippen LogP) is 4.13. The van der Waals surface area contributed by atoms with E-state index in [4.69, 9.17) is 5.73 Å². The van der Waals surface area contributed by atoms with Gasteiger partial charge in [-0.15, -0.1) is 12.4 Å². The van der Waals surface area contributed by atoms with Crippen molar-refractivity contribution in [1.82, 2.24) is 10.2 Å². The van der Waals surface area contributed by atoms with Crippen molar-refractivity contribution in [1.29, 1.82) is 0 Å². The van der Waals surface area contributed by atoms with Gasteiger partial charge in [0.05, 0.1) is 12.6 Å². The zero-order chi connectivity index (χ0) is 20.1. The van der Waals surface area contributed by atoms with Crippen LogP contribution in [0.25, 0.3) is 0 Å². The molecule has 4 rings (SSSR count). The van der Waals surface area contributed by atoms with Crippen LogP contribution in [0, 0.1) is 11.8 Å². The standard InChI is InChI=1S/C25H33N3O.ClH/c26-15-22-16-28(17-23(22)19-9-3-1-4-10-19)18-24(29)27-25(21-13-7-8-14-21)20-11-5-2-6-12-20;/h1-6,9-12,21-23,25H,7-8,13-18,26H2,(H,27,29);1H/t22-,23+,25?;/m1./s1. The van der Waals surface area contributed by atoms with Gasteiger partial charge in [-0.25, -0.2) is 0 Å². The smallest absolute Gasteiger partial charge is 0.234 e. The number of rotatable bonds is 7. The summed E-state index contributed by atoms with van der Waals surface area (Å²) in [5, 5.41) is 3.38. The van der Waals surface area contributed by atoms with Crippen molar-refractivity contribution < 1.29 is 4.79 Å². The molecule has 0 aromatic heterocycles. The van der Waals surface area contributed by atoms with Crippen LogP contribution in [0.2, 0.25) is 0 Å². The number of carbonyl (C=O) groups excluding carboxylic acids is 1. The molecule has 0 radical (unpaired) electrons. The zero-order valence-electron chi connectivity index (χ0n) is 17.6. The van der Waals surface area contributed by atoms with E-state index in [0.717, 1.165) is 13.1 Å². The molecule has 1 saturated heterocycles. The van der Waals surface area contributed by atoms with Crippen molar-refractivity contribution in [3.05, 3.63) is 71.8 Å². The second-order valence-corrected chi connectivity index (χ2v) is 8.71. The van der Waals surface area contributed by atoms with E-state index in [9.17, 15) is 4.79 Å². The quantitative estimate of drug-likeness (QED) is 0.698. The normalized spacial score (nSPS) is 23.1. The van der Waals surface area contributed by atoms with E-state index in [1.165, 1.54) is 36.8 Å².